The van der Waals surface area contributed by atoms with E-state index >= 15 is 0 Å². The van der Waals surface area contributed by atoms with Crippen LogP contribution in [0, 0.1) is 12.7 Å². The molecular weight excluding hydrogens is 527 g/mol. The lowest BCUT2D eigenvalue weighted by Gasteiger charge is -2.27. The van der Waals surface area contributed by atoms with Crippen LogP contribution in [0.15, 0.2) is 70.7 Å². The van der Waals surface area contributed by atoms with Crippen LogP contribution in [0.25, 0.3) is 6.08 Å². The molecule has 0 unspecified atom stereocenters. The Hall–Kier alpha value is -3.49. The van der Waals surface area contributed by atoms with Crippen LogP contribution in [0.2, 0.25) is 5.02 Å². The highest BCUT2D eigenvalue weighted by molar-refractivity contribution is 9.10. The smallest absolute Gasteiger partial charge is 0.335 e. The first-order chi connectivity index (χ1) is 16.3. The number of ether oxygens (including phenoxy) is 1. The molecule has 0 atom stereocenters. The molecule has 9 heteroatoms. The first-order valence-corrected chi connectivity index (χ1v) is 11.3. The monoisotopic (exact) mass is 542 g/mol. The van der Waals surface area contributed by atoms with Gasteiger partial charge in [0.2, 0.25) is 0 Å². The van der Waals surface area contributed by atoms with E-state index in [1.807, 2.05) is 0 Å². The van der Waals surface area contributed by atoms with Gasteiger partial charge in [-0.05, 0) is 55.0 Å². The second-order valence-corrected chi connectivity index (χ2v) is 8.73. The summed E-state index contributed by atoms with van der Waals surface area (Å²) in [6.07, 6.45) is 1.33. The third kappa shape index (κ3) is 4.73. The van der Waals surface area contributed by atoms with Crippen LogP contribution < -0.4 is 15.0 Å². The maximum absolute atomic E-state index is 14.0. The van der Waals surface area contributed by atoms with Gasteiger partial charge in [-0.25, -0.2) is 14.1 Å². The third-order valence-corrected chi connectivity index (χ3v) is 6.10. The summed E-state index contributed by atoms with van der Waals surface area (Å²) in [6, 6.07) is 15.1. The number of nitrogens with zero attached hydrogens (tertiary/aromatic N) is 1. The number of urea groups is 1. The summed E-state index contributed by atoms with van der Waals surface area (Å²) >= 11 is 9.52. The van der Waals surface area contributed by atoms with Crippen molar-refractivity contribution in [1.82, 2.24) is 5.32 Å². The second kappa shape index (κ2) is 9.79. The van der Waals surface area contributed by atoms with Gasteiger partial charge in [-0.2, -0.15) is 0 Å². The molecular formula is C25H17BrClFN2O4. The van der Waals surface area contributed by atoms with Crippen LogP contribution in [0.1, 0.15) is 16.7 Å². The fourth-order valence-corrected chi connectivity index (χ4v) is 3.95. The van der Waals surface area contributed by atoms with Crippen molar-refractivity contribution in [1.29, 1.82) is 0 Å². The number of hydrogen-bond donors (Lipinski definition) is 1. The van der Waals surface area contributed by atoms with Crippen molar-refractivity contribution in [2.75, 3.05) is 4.90 Å². The van der Waals surface area contributed by atoms with Crippen LogP contribution in [0.4, 0.5) is 14.9 Å². The van der Waals surface area contributed by atoms with Crippen LogP contribution in [0.5, 0.6) is 5.75 Å². The Balaban J connectivity index is 1.71. The Labute approximate surface area is 208 Å². The number of imide groups is 2. The number of barbiturate groups is 1. The van der Waals surface area contributed by atoms with E-state index in [4.69, 9.17) is 16.3 Å². The van der Waals surface area contributed by atoms with Gasteiger partial charge >= 0.3 is 6.03 Å². The normalized spacial score (nSPS) is 15.0. The lowest BCUT2D eigenvalue weighted by Crippen LogP contribution is -2.54. The Morgan fingerprint density at radius 1 is 1.09 bits per heavy atom. The molecule has 0 radical (unpaired) electrons. The van der Waals surface area contributed by atoms with E-state index in [1.54, 1.807) is 61.5 Å². The highest BCUT2D eigenvalue weighted by atomic mass is 79.9. The van der Waals surface area contributed by atoms with E-state index < -0.39 is 23.7 Å². The molecule has 0 spiro atoms. The molecule has 34 heavy (non-hydrogen) atoms. The Kier molecular flexibility index (Phi) is 6.81. The van der Waals surface area contributed by atoms with Gasteiger partial charge in [0.25, 0.3) is 11.8 Å². The summed E-state index contributed by atoms with van der Waals surface area (Å²) in [5.74, 6) is -1.74. The molecule has 1 N–H and O–H groups in total. The zero-order valence-electron chi connectivity index (χ0n) is 17.8. The van der Waals surface area contributed by atoms with Crippen LogP contribution in [-0.4, -0.2) is 17.8 Å². The fraction of sp³-hybridized carbons (Fsp3) is 0.0800. The van der Waals surface area contributed by atoms with E-state index in [2.05, 4.69) is 21.2 Å². The minimum atomic E-state index is -0.872. The van der Waals surface area contributed by atoms with Crippen LogP contribution in [0.3, 0.4) is 0 Å². The lowest BCUT2D eigenvalue weighted by molar-refractivity contribution is -0.122. The highest BCUT2D eigenvalue weighted by Gasteiger charge is 2.37. The summed E-state index contributed by atoms with van der Waals surface area (Å²) < 4.78 is 20.4. The van der Waals surface area contributed by atoms with E-state index in [1.165, 1.54) is 12.1 Å². The summed E-state index contributed by atoms with van der Waals surface area (Å²) in [5, 5.41) is 2.56. The van der Waals surface area contributed by atoms with Crippen molar-refractivity contribution >= 4 is 57.1 Å². The van der Waals surface area contributed by atoms with Crippen molar-refractivity contribution in [3.05, 3.63) is 98.2 Å². The number of halogens is 3. The minimum absolute atomic E-state index is 0.0586. The molecule has 0 bridgehead atoms. The summed E-state index contributed by atoms with van der Waals surface area (Å²) in [4.78, 5) is 39.3. The molecule has 3 aromatic rings. The fourth-order valence-electron chi connectivity index (χ4n) is 3.40. The number of rotatable bonds is 5. The predicted molar refractivity (Wildman–Crippen MR) is 130 cm³/mol. The van der Waals surface area contributed by atoms with E-state index in [0.29, 0.717) is 31.9 Å². The van der Waals surface area contributed by atoms with E-state index in [0.717, 1.165) is 4.90 Å². The average Bonchev–Trinajstić information content (AvgIpc) is 2.79. The summed E-state index contributed by atoms with van der Waals surface area (Å²) in [5.41, 5.74) is 1.24. The molecule has 1 aliphatic heterocycles. The van der Waals surface area contributed by atoms with Gasteiger partial charge in [0.05, 0.1) is 5.69 Å². The third-order valence-electron chi connectivity index (χ3n) is 5.19. The van der Waals surface area contributed by atoms with Crippen molar-refractivity contribution < 1.29 is 23.5 Å². The molecule has 1 saturated heterocycles. The van der Waals surface area contributed by atoms with Crippen LogP contribution >= 0.6 is 27.5 Å². The lowest BCUT2D eigenvalue weighted by atomic mass is 10.0. The molecule has 0 aromatic heterocycles. The molecule has 0 saturated carbocycles. The molecule has 1 aliphatic rings. The van der Waals surface area contributed by atoms with Crippen molar-refractivity contribution in [3.63, 3.8) is 0 Å². The first kappa shape index (κ1) is 23.7. The Morgan fingerprint density at radius 2 is 1.85 bits per heavy atom. The zero-order chi connectivity index (χ0) is 24.4. The largest absolute Gasteiger partial charge is 0.488 e. The molecule has 1 heterocycles. The molecule has 172 valence electrons. The van der Waals surface area contributed by atoms with Gasteiger partial charge in [-0.1, -0.05) is 51.8 Å². The first-order valence-electron chi connectivity index (χ1n) is 10.1. The second-order valence-electron chi connectivity index (χ2n) is 7.40. The summed E-state index contributed by atoms with van der Waals surface area (Å²) in [7, 11) is 0. The molecule has 0 aliphatic carbocycles. The highest BCUT2D eigenvalue weighted by Crippen LogP contribution is 2.31. The van der Waals surface area contributed by atoms with Crippen molar-refractivity contribution in [2.24, 2.45) is 0 Å². The molecule has 4 amide bonds. The molecule has 6 nitrogen and oxygen atoms in total. The zero-order valence-corrected chi connectivity index (χ0v) is 20.1. The number of amides is 4. The van der Waals surface area contributed by atoms with Crippen molar-refractivity contribution in [2.45, 2.75) is 13.5 Å². The number of carbonyl (C=O) groups is 3. The average molecular weight is 544 g/mol. The quantitative estimate of drug-likeness (QED) is 0.326. The molecule has 1 fully saturated rings. The number of nitrogens with one attached hydrogen (secondary N) is 1. The van der Waals surface area contributed by atoms with Gasteiger partial charge in [0.1, 0.15) is 23.7 Å². The van der Waals surface area contributed by atoms with Gasteiger partial charge in [-0.3, -0.25) is 14.9 Å². The number of benzene rings is 3. The van der Waals surface area contributed by atoms with Gasteiger partial charge in [-0.15, -0.1) is 0 Å². The maximum Gasteiger partial charge on any atom is 0.335 e. The number of hydrogen-bond acceptors (Lipinski definition) is 4. The van der Waals surface area contributed by atoms with E-state index in [-0.39, 0.29) is 17.9 Å². The van der Waals surface area contributed by atoms with Gasteiger partial charge in [0, 0.05) is 20.6 Å². The Morgan fingerprint density at radius 3 is 2.62 bits per heavy atom. The minimum Gasteiger partial charge on any atom is -0.488 e. The standard InChI is InChI=1S/C25H17BrClFN2O4/c1-14-19(27)6-4-8-21(14)30-24(32)18(23(31)29-25(30)33)12-16-11-17(26)9-10-22(16)34-13-15-5-2-3-7-20(15)28/h2-12H,13H2,1H3,(H,29,31,33)/b18-12+. The molecule has 3 aromatic carbocycles. The van der Waals surface area contributed by atoms with Crippen LogP contribution in [-0.2, 0) is 16.2 Å². The summed E-state index contributed by atoms with van der Waals surface area (Å²) in [6.45, 7) is 1.61. The van der Waals surface area contributed by atoms with Gasteiger partial charge < -0.3 is 4.74 Å². The van der Waals surface area contributed by atoms with Crippen molar-refractivity contribution in [3.8, 4) is 5.75 Å². The Bertz CT molecular complexity index is 1360. The SMILES string of the molecule is Cc1c(Cl)cccc1N1C(=O)NC(=O)/C(=C\c2cc(Br)ccc2OCc2ccccc2F)C1=O. The maximum atomic E-state index is 14.0. The van der Waals surface area contributed by atoms with Gasteiger partial charge in [0.15, 0.2) is 0 Å². The topological polar surface area (TPSA) is 75.7 Å². The number of anilines is 1. The van der Waals surface area contributed by atoms with E-state index in [9.17, 15) is 18.8 Å². The molecule has 4 rings (SSSR count). The predicted octanol–water partition coefficient (Wildman–Crippen LogP) is 5.80. The number of carbonyl (C=O) groups excluding carboxylic acids is 3.